The highest BCUT2D eigenvalue weighted by atomic mass is 16.5. The van der Waals surface area contributed by atoms with Crippen LogP contribution in [0.4, 0.5) is 0 Å². The molecule has 0 N–H and O–H groups in total. The molecule has 58 valence electrons. The van der Waals surface area contributed by atoms with Crippen LogP contribution in [0.2, 0.25) is 0 Å². The summed E-state index contributed by atoms with van der Waals surface area (Å²) in [5.41, 5.74) is 0.177. The zero-order valence-electron chi connectivity index (χ0n) is 5.87. The zero-order chi connectivity index (χ0) is 8.69. The molecular weight excluding hydrogens is 146 g/mol. The van der Waals surface area contributed by atoms with E-state index in [1.807, 2.05) is 0 Å². The van der Waals surface area contributed by atoms with Crippen LogP contribution in [-0.4, -0.2) is 18.9 Å². The van der Waals surface area contributed by atoms with Gasteiger partial charge in [-0.2, -0.15) is 5.26 Å². The van der Waals surface area contributed by atoms with Gasteiger partial charge in [0.15, 0.2) is 0 Å². The van der Waals surface area contributed by atoms with Gasteiger partial charge < -0.3 is 4.74 Å². The summed E-state index contributed by atoms with van der Waals surface area (Å²) in [5.74, 6) is -0.643. The molecule has 0 amide bonds. The minimum absolute atomic E-state index is 0.135. The highest BCUT2D eigenvalue weighted by Crippen LogP contribution is 1.89. The lowest BCUT2D eigenvalue weighted by molar-refractivity contribution is -0.141. The molecule has 4 nitrogen and oxygen atoms in total. The number of rotatable bonds is 4. The number of aldehydes is 1. The van der Waals surface area contributed by atoms with Gasteiger partial charge in [-0.05, 0) is 0 Å². The monoisotopic (exact) mass is 153 g/mol. The molecular formula is C7H7NO3. The van der Waals surface area contributed by atoms with E-state index in [0.717, 1.165) is 0 Å². The fraction of sp³-hybridized carbons (Fsp3) is 0.286. The Hall–Kier alpha value is -1.63. The average molecular weight is 153 g/mol. The normalized spacial score (nSPS) is 7.91. The summed E-state index contributed by atoms with van der Waals surface area (Å²) in [4.78, 5) is 20.4. The van der Waals surface area contributed by atoms with Crippen LogP contribution in [0.1, 0.15) is 6.42 Å². The van der Waals surface area contributed by atoms with E-state index in [2.05, 4.69) is 11.3 Å². The van der Waals surface area contributed by atoms with Crippen LogP contribution in [0.5, 0.6) is 0 Å². The van der Waals surface area contributed by atoms with E-state index in [1.54, 1.807) is 6.07 Å². The predicted octanol–water partition coefficient (Wildman–Crippen LogP) is 0.198. The largest absolute Gasteiger partial charge is 0.460 e. The Bertz CT molecular complexity index is 214. The van der Waals surface area contributed by atoms with Gasteiger partial charge >= 0.3 is 5.97 Å². The van der Waals surface area contributed by atoms with Gasteiger partial charge in [0.1, 0.15) is 19.3 Å². The predicted molar refractivity (Wildman–Crippen MR) is 36.4 cm³/mol. The molecule has 4 heteroatoms. The molecule has 0 aliphatic carbocycles. The summed E-state index contributed by atoms with van der Waals surface area (Å²) in [6, 6.07) is 1.62. The third kappa shape index (κ3) is 4.85. The molecule has 0 unspecified atom stereocenters. The van der Waals surface area contributed by atoms with E-state index in [9.17, 15) is 9.59 Å². The molecule has 0 aromatic carbocycles. The topological polar surface area (TPSA) is 67.2 Å². The van der Waals surface area contributed by atoms with Crippen molar-refractivity contribution in [3.8, 4) is 6.07 Å². The van der Waals surface area contributed by atoms with Crippen molar-refractivity contribution in [1.29, 1.82) is 5.26 Å². The van der Waals surface area contributed by atoms with Crippen LogP contribution >= 0.6 is 0 Å². The number of ether oxygens (including phenoxy) is 1. The second-order valence-corrected chi connectivity index (χ2v) is 1.77. The first-order valence-electron chi connectivity index (χ1n) is 2.86. The fourth-order valence-corrected chi connectivity index (χ4v) is 0.323. The molecule has 0 aliphatic rings. The van der Waals surface area contributed by atoms with Crippen molar-refractivity contribution in [3.63, 3.8) is 0 Å². The van der Waals surface area contributed by atoms with Gasteiger partial charge in [-0.1, -0.05) is 6.58 Å². The number of hydrogen-bond acceptors (Lipinski definition) is 4. The number of esters is 1. The minimum atomic E-state index is -0.643. The summed E-state index contributed by atoms with van der Waals surface area (Å²) in [6.45, 7) is 3.14. The van der Waals surface area contributed by atoms with Crippen LogP contribution < -0.4 is 0 Å². The lowest BCUT2D eigenvalue weighted by Gasteiger charge is -1.98. The van der Waals surface area contributed by atoms with E-state index >= 15 is 0 Å². The third-order valence-electron chi connectivity index (χ3n) is 0.809. The Morgan fingerprint density at radius 1 is 1.73 bits per heavy atom. The molecule has 0 aliphatic heterocycles. The van der Waals surface area contributed by atoms with Crippen LogP contribution in [-0.2, 0) is 14.3 Å². The Morgan fingerprint density at radius 2 is 2.36 bits per heavy atom. The van der Waals surface area contributed by atoms with Gasteiger partial charge in [0, 0.05) is 5.57 Å². The van der Waals surface area contributed by atoms with Gasteiger partial charge in [0.05, 0.1) is 6.07 Å². The summed E-state index contributed by atoms with van der Waals surface area (Å²) < 4.78 is 4.44. The minimum Gasteiger partial charge on any atom is -0.460 e. The van der Waals surface area contributed by atoms with Crippen molar-refractivity contribution in [3.05, 3.63) is 12.2 Å². The van der Waals surface area contributed by atoms with Gasteiger partial charge in [0.25, 0.3) is 0 Å². The van der Waals surface area contributed by atoms with Crippen molar-refractivity contribution < 1.29 is 14.3 Å². The van der Waals surface area contributed by atoms with Crippen molar-refractivity contribution in [2.75, 3.05) is 6.61 Å². The second-order valence-electron chi connectivity index (χ2n) is 1.77. The standard InChI is InChI=1S/C7H7NO3/c1-6(4-9)5-11-7(10)2-3-8/h4H,1-2,5H2. The highest BCUT2D eigenvalue weighted by molar-refractivity contribution is 5.75. The molecule has 0 spiro atoms. The third-order valence-corrected chi connectivity index (χ3v) is 0.809. The van der Waals surface area contributed by atoms with Crippen molar-refractivity contribution in [2.24, 2.45) is 0 Å². The first-order valence-corrected chi connectivity index (χ1v) is 2.86. The van der Waals surface area contributed by atoms with Gasteiger partial charge in [-0.15, -0.1) is 0 Å². The van der Waals surface area contributed by atoms with Crippen LogP contribution in [0.15, 0.2) is 12.2 Å². The Balaban J connectivity index is 3.55. The maximum Gasteiger partial charge on any atom is 0.320 e. The van der Waals surface area contributed by atoms with Crippen LogP contribution in [0.25, 0.3) is 0 Å². The number of carbonyl (C=O) groups is 2. The fourth-order valence-electron chi connectivity index (χ4n) is 0.323. The van der Waals surface area contributed by atoms with Gasteiger partial charge in [-0.25, -0.2) is 0 Å². The molecule has 0 rings (SSSR count). The number of carbonyl (C=O) groups excluding carboxylic acids is 2. The summed E-state index contributed by atoms with van der Waals surface area (Å²) in [5, 5.41) is 8.02. The number of nitriles is 1. The number of hydrogen-bond donors (Lipinski definition) is 0. The molecule has 0 bridgehead atoms. The lowest BCUT2D eigenvalue weighted by Crippen LogP contribution is -2.06. The Morgan fingerprint density at radius 3 is 2.82 bits per heavy atom. The first-order chi connectivity index (χ1) is 5.20. The molecule has 0 saturated heterocycles. The van der Waals surface area contributed by atoms with Crippen LogP contribution in [0.3, 0.4) is 0 Å². The average Bonchev–Trinajstić information content (AvgIpc) is 2.01. The maximum absolute atomic E-state index is 10.5. The van der Waals surface area contributed by atoms with E-state index in [1.165, 1.54) is 0 Å². The van der Waals surface area contributed by atoms with Crippen molar-refractivity contribution >= 4 is 12.3 Å². The molecule has 0 aromatic rings. The molecule has 0 atom stereocenters. The van der Waals surface area contributed by atoms with Gasteiger partial charge in [0.2, 0.25) is 0 Å². The van der Waals surface area contributed by atoms with E-state index in [0.29, 0.717) is 6.29 Å². The summed E-state index contributed by atoms with van der Waals surface area (Å²) >= 11 is 0. The SMILES string of the molecule is C=C(C=O)COC(=O)CC#N. The smallest absolute Gasteiger partial charge is 0.320 e. The molecule has 0 aromatic heterocycles. The number of nitrogens with zero attached hydrogens (tertiary/aromatic N) is 1. The molecule has 0 saturated carbocycles. The Kier molecular flexibility index (Phi) is 4.41. The van der Waals surface area contributed by atoms with Crippen molar-refractivity contribution in [1.82, 2.24) is 0 Å². The first kappa shape index (κ1) is 9.37. The van der Waals surface area contributed by atoms with Gasteiger partial charge in [-0.3, -0.25) is 9.59 Å². The van der Waals surface area contributed by atoms with E-state index < -0.39 is 5.97 Å². The summed E-state index contributed by atoms with van der Waals surface area (Å²) in [6.07, 6.45) is 0.200. The van der Waals surface area contributed by atoms with Crippen molar-refractivity contribution in [2.45, 2.75) is 6.42 Å². The second kappa shape index (κ2) is 5.18. The lowest BCUT2D eigenvalue weighted by atomic mass is 10.4. The molecule has 11 heavy (non-hydrogen) atoms. The summed E-state index contributed by atoms with van der Waals surface area (Å²) in [7, 11) is 0. The van der Waals surface area contributed by atoms with E-state index in [-0.39, 0.29) is 18.6 Å². The van der Waals surface area contributed by atoms with E-state index in [4.69, 9.17) is 5.26 Å². The molecule has 0 fully saturated rings. The highest BCUT2D eigenvalue weighted by Gasteiger charge is 2.00. The quantitative estimate of drug-likeness (QED) is 0.328. The molecule has 0 radical (unpaired) electrons. The Labute approximate surface area is 64.1 Å². The molecule has 0 heterocycles. The maximum atomic E-state index is 10.5. The zero-order valence-corrected chi connectivity index (χ0v) is 5.87. The van der Waals surface area contributed by atoms with Crippen LogP contribution in [0, 0.1) is 11.3 Å².